The first kappa shape index (κ1) is 15.3. The first-order valence-electron chi connectivity index (χ1n) is 6.87. The molecule has 1 aromatic heterocycles. The zero-order valence-corrected chi connectivity index (χ0v) is 13.0. The Morgan fingerprint density at radius 3 is 2.71 bits per heavy atom. The van der Waals surface area contributed by atoms with Gasteiger partial charge in [-0.05, 0) is 18.8 Å². The van der Waals surface area contributed by atoms with Gasteiger partial charge in [0, 0.05) is 31.4 Å². The lowest BCUT2D eigenvalue weighted by Crippen LogP contribution is -2.32. The number of fused-ring (bicyclic) bond motifs is 1. The number of ether oxygens (including phenoxy) is 1. The molecule has 6 nitrogen and oxygen atoms in total. The Morgan fingerprint density at radius 2 is 2.14 bits per heavy atom. The van der Waals surface area contributed by atoms with Gasteiger partial charge in [-0.15, -0.1) is 0 Å². The number of carbonyl (C=O) groups is 2. The van der Waals surface area contributed by atoms with Gasteiger partial charge in [0.05, 0.1) is 6.61 Å². The second-order valence-electron chi connectivity index (χ2n) is 5.96. The summed E-state index contributed by atoms with van der Waals surface area (Å²) in [6.45, 7) is 5.89. The number of hydrogen-bond acceptors (Lipinski definition) is 6. The number of nitrogens with zero attached hydrogens (tertiary/aromatic N) is 2. The second kappa shape index (κ2) is 5.35. The van der Waals surface area contributed by atoms with Crippen LogP contribution < -0.4 is 0 Å². The molecule has 1 aromatic rings. The molecule has 0 bridgehead atoms. The zero-order valence-electron chi connectivity index (χ0n) is 13.0. The second-order valence-corrected chi connectivity index (χ2v) is 5.96. The first-order valence-corrected chi connectivity index (χ1v) is 6.87. The van der Waals surface area contributed by atoms with Gasteiger partial charge in [-0.3, -0.25) is 4.79 Å². The maximum absolute atomic E-state index is 12.6. The quantitative estimate of drug-likeness (QED) is 0.627. The van der Waals surface area contributed by atoms with Crippen molar-refractivity contribution in [1.29, 1.82) is 0 Å². The number of Topliss-reactive ketones (excluding diaryl/α,β-unsaturated/α-hetero) is 1. The van der Waals surface area contributed by atoms with Crippen LogP contribution in [-0.4, -0.2) is 42.5 Å². The number of rotatable bonds is 3. The lowest BCUT2D eigenvalue weighted by atomic mass is 9.71. The molecule has 0 saturated heterocycles. The van der Waals surface area contributed by atoms with Crippen molar-refractivity contribution in [3.05, 3.63) is 28.8 Å². The van der Waals surface area contributed by atoms with Crippen LogP contribution in [0.25, 0.3) is 0 Å². The summed E-state index contributed by atoms with van der Waals surface area (Å²) in [5.74, 6) is -0.735. The molecule has 1 aliphatic rings. The van der Waals surface area contributed by atoms with Crippen LogP contribution in [-0.2, 0) is 11.2 Å². The van der Waals surface area contributed by atoms with E-state index in [1.807, 2.05) is 32.8 Å². The highest BCUT2D eigenvalue weighted by molar-refractivity contribution is 6.11. The molecule has 1 aliphatic carbocycles. The summed E-state index contributed by atoms with van der Waals surface area (Å²) >= 11 is 0. The highest BCUT2D eigenvalue weighted by Gasteiger charge is 2.42. The highest BCUT2D eigenvalue weighted by atomic mass is 16.6. The van der Waals surface area contributed by atoms with Crippen molar-refractivity contribution in [2.24, 2.45) is 5.41 Å². The van der Waals surface area contributed by atoms with Gasteiger partial charge in [0.1, 0.15) is 0 Å². The van der Waals surface area contributed by atoms with E-state index in [9.17, 15) is 9.59 Å². The Balaban J connectivity index is 2.50. The van der Waals surface area contributed by atoms with Gasteiger partial charge in [-0.1, -0.05) is 19.0 Å². The molecule has 0 aliphatic heterocycles. The summed E-state index contributed by atoms with van der Waals surface area (Å²) in [5.41, 5.74) is 1.01. The highest BCUT2D eigenvalue weighted by Crippen LogP contribution is 2.40. The Hall–Kier alpha value is -2.11. The SMILES string of the molecule is CCOC(=O)c1onc2c1CC(C)(C)/C(=C/N(C)C)C2=O. The molecule has 0 fully saturated rings. The van der Waals surface area contributed by atoms with E-state index >= 15 is 0 Å². The van der Waals surface area contributed by atoms with Gasteiger partial charge in [-0.2, -0.15) is 0 Å². The van der Waals surface area contributed by atoms with Crippen LogP contribution >= 0.6 is 0 Å². The third-order valence-corrected chi connectivity index (χ3v) is 3.44. The van der Waals surface area contributed by atoms with Crippen LogP contribution in [0.15, 0.2) is 16.3 Å². The number of aromatic nitrogens is 1. The summed E-state index contributed by atoms with van der Waals surface area (Å²) in [7, 11) is 3.72. The molecule has 0 spiro atoms. The number of hydrogen-bond donors (Lipinski definition) is 0. The molecule has 0 atom stereocenters. The van der Waals surface area contributed by atoms with E-state index in [0.717, 1.165) is 0 Å². The predicted molar refractivity (Wildman–Crippen MR) is 76.0 cm³/mol. The van der Waals surface area contributed by atoms with Crippen molar-refractivity contribution in [2.75, 3.05) is 20.7 Å². The van der Waals surface area contributed by atoms with Crippen molar-refractivity contribution >= 4 is 11.8 Å². The normalized spacial score (nSPS) is 18.5. The fourth-order valence-corrected chi connectivity index (χ4v) is 2.47. The molecule has 0 unspecified atom stereocenters. The van der Waals surface area contributed by atoms with E-state index in [1.54, 1.807) is 13.1 Å². The van der Waals surface area contributed by atoms with Crippen LogP contribution in [0, 0.1) is 5.41 Å². The van der Waals surface area contributed by atoms with Gasteiger partial charge in [0.25, 0.3) is 0 Å². The van der Waals surface area contributed by atoms with E-state index in [1.165, 1.54) is 0 Å². The standard InChI is InChI=1S/C15H20N2O4/c1-6-20-14(19)13-9-7-15(2,3)10(8-17(4)5)12(18)11(9)16-21-13/h8H,6-7H2,1-5H3/b10-8+. The average molecular weight is 292 g/mol. The third kappa shape index (κ3) is 2.70. The maximum Gasteiger partial charge on any atom is 0.377 e. The molecule has 0 aromatic carbocycles. The number of ketones is 1. The van der Waals surface area contributed by atoms with Crippen molar-refractivity contribution in [3.8, 4) is 0 Å². The van der Waals surface area contributed by atoms with Crippen molar-refractivity contribution in [3.63, 3.8) is 0 Å². The fraction of sp³-hybridized carbons (Fsp3) is 0.533. The smallest absolute Gasteiger partial charge is 0.377 e. The largest absolute Gasteiger partial charge is 0.460 e. The lowest BCUT2D eigenvalue weighted by molar-refractivity contribution is 0.0477. The van der Waals surface area contributed by atoms with E-state index in [4.69, 9.17) is 9.26 Å². The van der Waals surface area contributed by atoms with Crippen LogP contribution in [0.1, 0.15) is 47.4 Å². The van der Waals surface area contributed by atoms with Crippen LogP contribution in [0.5, 0.6) is 0 Å². The monoisotopic (exact) mass is 292 g/mol. The lowest BCUT2D eigenvalue weighted by Gasteiger charge is -2.31. The zero-order chi connectivity index (χ0) is 15.8. The van der Waals surface area contributed by atoms with Gasteiger partial charge in [0.2, 0.25) is 11.5 Å². The Bertz CT molecular complexity index is 611. The third-order valence-electron chi connectivity index (χ3n) is 3.44. The van der Waals surface area contributed by atoms with Crippen LogP contribution in [0.2, 0.25) is 0 Å². The molecule has 0 N–H and O–H groups in total. The van der Waals surface area contributed by atoms with Crippen LogP contribution in [0.3, 0.4) is 0 Å². The molecule has 1 heterocycles. The molecule has 6 heteroatoms. The first-order chi connectivity index (χ1) is 9.77. The minimum atomic E-state index is -0.574. The van der Waals surface area contributed by atoms with Crippen molar-refractivity contribution < 1.29 is 18.8 Å². The molecule has 0 radical (unpaired) electrons. The van der Waals surface area contributed by atoms with Crippen molar-refractivity contribution in [1.82, 2.24) is 10.1 Å². The Labute approximate surface area is 123 Å². The Morgan fingerprint density at radius 1 is 1.48 bits per heavy atom. The minimum Gasteiger partial charge on any atom is -0.460 e. The molecule has 2 rings (SSSR count). The summed E-state index contributed by atoms with van der Waals surface area (Å²) in [5, 5.41) is 3.78. The number of esters is 1. The summed E-state index contributed by atoms with van der Waals surface area (Å²) in [4.78, 5) is 26.3. The van der Waals surface area contributed by atoms with Crippen molar-refractivity contribution in [2.45, 2.75) is 27.2 Å². The topological polar surface area (TPSA) is 72.6 Å². The van der Waals surface area contributed by atoms with Gasteiger partial charge in [0.15, 0.2) is 5.69 Å². The van der Waals surface area contributed by atoms with E-state index in [0.29, 0.717) is 17.6 Å². The van der Waals surface area contributed by atoms with Gasteiger partial charge >= 0.3 is 5.97 Å². The summed E-state index contributed by atoms with van der Waals surface area (Å²) in [6.07, 6.45) is 2.30. The van der Waals surface area contributed by atoms with E-state index in [-0.39, 0.29) is 23.8 Å². The van der Waals surface area contributed by atoms with E-state index in [2.05, 4.69) is 5.16 Å². The summed E-state index contributed by atoms with van der Waals surface area (Å²) < 4.78 is 10.0. The van der Waals surface area contributed by atoms with E-state index < -0.39 is 11.4 Å². The molecule has 0 saturated carbocycles. The average Bonchev–Trinajstić information content (AvgIpc) is 2.77. The number of allylic oxidation sites excluding steroid dienone is 1. The maximum atomic E-state index is 12.6. The minimum absolute atomic E-state index is 0.0391. The van der Waals surface area contributed by atoms with Gasteiger partial charge < -0.3 is 14.2 Å². The Kier molecular flexibility index (Phi) is 3.89. The molecule has 0 amide bonds. The molecule has 21 heavy (non-hydrogen) atoms. The number of carbonyl (C=O) groups excluding carboxylic acids is 2. The molecular weight excluding hydrogens is 272 g/mol. The molecular formula is C15H20N2O4. The van der Waals surface area contributed by atoms with Crippen LogP contribution in [0.4, 0.5) is 0 Å². The molecule has 114 valence electrons. The predicted octanol–water partition coefficient (Wildman–Crippen LogP) is 2.06. The summed E-state index contributed by atoms with van der Waals surface area (Å²) in [6, 6.07) is 0. The van der Waals surface area contributed by atoms with Gasteiger partial charge in [-0.25, -0.2) is 4.79 Å². The fourth-order valence-electron chi connectivity index (χ4n) is 2.47.